The van der Waals surface area contributed by atoms with Crippen LogP contribution in [0.4, 0.5) is 10.1 Å². The first kappa shape index (κ1) is 14.8. The number of likely N-dealkylation sites (tertiary alicyclic amines) is 1. The standard InChI is InChI=1S/C16H20FN3O2/c17-13-4-3-11-5-7-19(14(11)8-13)10-15(21)20-6-1-2-12(9-20)16(18)22/h3-4,8,12H,1-2,5-7,9-10H2,(H2,18,22). The molecule has 0 aromatic heterocycles. The SMILES string of the molecule is NC(=O)C1CCCN(C(=O)CN2CCc3ccc(F)cc32)C1. The summed E-state index contributed by atoms with van der Waals surface area (Å²) < 4.78 is 13.4. The van der Waals surface area contributed by atoms with Gasteiger partial charge in [0.05, 0.1) is 12.5 Å². The minimum Gasteiger partial charge on any atom is -0.369 e. The maximum absolute atomic E-state index is 13.4. The van der Waals surface area contributed by atoms with E-state index < -0.39 is 0 Å². The summed E-state index contributed by atoms with van der Waals surface area (Å²) in [6, 6.07) is 4.71. The summed E-state index contributed by atoms with van der Waals surface area (Å²) >= 11 is 0. The van der Waals surface area contributed by atoms with Crippen molar-refractivity contribution < 1.29 is 14.0 Å². The number of piperidine rings is 1. The van der Waals surface area contributed by atoms with Gasteiger partial charge in [-0.25, -0.2) is 4.39 Å². The van der Waals surface area contributed by atoms with Gasteiger partial charge in [0, 0.05) is 25.3 Å². The minimum atomic E-state index is -0.342. The van der Waals surface area contributed by atoms with Crippen LogP contribution in [0.1, 0.15) is 18.4 Å². The molecule has 1 saturated heterocycles. The Balaban J connectivity index is 1.66. The number of carbonyl (C=O) groups is 2. The molecule has 0 spiro atoms. The van der Waals surface area contributed by atoms with E-state index in [0.29, 0.717) is 13.1 Å². The Hall–Kier alpha value is -2.11. The topological polar surface area (TPSA) is 66.6 Å². The number of nitrogens with zero attached hydrogens (tertiary/aromatic N) is 2. The number of benzene rings is 1. The summed E-state index contributed by atoms with van der Waals surface area (Å²) in [6.45, 7) is 2.00. The van der Waals surface area contributed by atoms with Gasteiger partial charge in [-0.3, -0.25) is 9.59 Å². The third-order valence-corrected chi connectivity index (χ3v) is 4.54. The van der Waals surface area contributed by atoms with Crippen molar-refractivity contribution in [2.75, 3.05) is 31.1 Å². The molecule has 1 atom stereocenters. The van der Waals surface area contributed by atoms with Crippen molar-refractivity contribution in [1.82, 2.24) is 4.90 Å². The van der Waals surface area contributed by atoms with Gasteiger partial charge in [0.15, 0.2) is 0 Å². The highest BCUT2D eigenvalue weighted by Gasteiger charge is 2.29. The molecule has 0 bridgehead atoms. The Morgan fingerprint density at radius 3 is 2.91 bits per heavy atom. The first-order valence-electron chi connectivity index (χ1n) is 7.65. The number of rotatable bonds is 3. The number of anilines is 1. The molecule has 118 valence electrons. The van der Waals surface area contributed by atoms with Gasteiger partial charge in [-0.05, 0) is 37.0 Å². The van der Waals surface area contributed by atoms with Crippen LogP contribution in [0.15, 0.2) is 18.2 Å². The fraction of sp³-hybridized carbons (Fsp3) is 0.500. The zero-order chi connectivity index (χ0) is 15.7. The number of carbonyl (C=O) groups excluding carboxylic acids is 2. The van der Waals surface area contributed by atoms with Crippen molar-refractivity contribution >= 4 is 17.5 Å². The lowest BCUT2D eigenvalue weighted by Gasteiger charge is -2.32. The average Bonchev–Trinajstić information content (AvgIpc) is 2.89. The molecule has 2 heterocycles. The number of halogens is 1. The van der Waals surface area contributed by atoms with Gasteiger partial charge in [-0.1, -0.05) is 6.07 Å². The van der Waals surface area contributed by atoms with Gasteiger partial charge in [-0.2, -0.15) is 0 Å². The van der Waals surface area contributed by atoms with Gasteiger partial charge in [-0.15, -0.1) is 0 Å². The lowest BCUT2D eigenvalue weighted by molar-refractivity contribution is -0.133. The van der Waals surface area contributed by atoms with Crippen LogP contribution in [0.2, 0.25) is 0 Å². The highest BCUT2D eigenvalue weighted by atomic mass is 19.1. The number of hydrogen-bond donors (Lipinski definition) is 1. The molecule has 1 unspecified atom stereocenters. The van der Waals surface area contributed by atoms with E-state index in [0.717, 1.165) is 37.1 Å². The quantitative estimate of drug-likeness (QED) is 0.903. The van der Waals surface area contributed by atoms with Gasteiger partial charge in [0.2, 0.25) is 11.8 Å². The molecule has 1 fully saturated rings. The molecule has 2 aliphatic heterocycles. The van der Waals surface area contributed by atoms with Gasteiger partial charge in [0.25, 0.3) is 0 Å². The van der Waals surface area contributed by atoms with Crippen LogP contribution in [-0.4, -0.2) is 42.9 Å². The summed E-state index contributed by atoms with van der Waals surface area (Å²) in [5.41, 5.74) is 7.22. The Morgan fingerprint density at radius 2 is 2.14 bits per heavy atom. The van der Waals surface area contributed by atoms with Crippen LogP contribution >= 0.6 is 0 Å². The van der Waals surface area contributed by atoms with Gasteiger partial charge >= 0.3 is 0 Å². The van der Waals surface area contributed by atoms with Crippen molar-refractivity contribution in [2.45, 2.75) is 19.3 Å². The fourth-order valence-electron chi connectivity index (χ4n) is 3.28. The minimum absolute atomic E-state index is 0.0249. The largest absolute Gasteiger partial charge is 0.369 e. The maximum atomic E-state index is 13.4. The molecule has 0 aliphatic carbocycles. The molecule has 2 aliphatic rings. The molecule has 6 heteroatoms. The normalized spacial score (nSPS) is 20.9. The average molecular weight is 305 g/mol. The second-order valence-corrected chi connectivity index (χ2v) is 6.03. The predicted octanol–water partition coefficient (Wildman–Crippen LogP) is 0.912. The number of amides is 2. The molecule has 0 saturated carbocycles. The van der Waals surface area contributed by atoms with E-state index in [9.17, 15) is 14.0 Å². The number of nitrogens with two attached hydrogens (primary N) is 1. The molecular formula is C16H20FN3O2. The Bertz CT molecular complexity index is 605. The van der Waals surface area contributed by atoms with Crippen molar-refractivity contribution in [3.63, 3.8) is 0 Å². The highest BCUT2D eigenvalue weighted by Crippen LogP contribution is 2.28. The van der Waals surface area contributed by atoms with E-state index in [1.807, 2.05) is 4.90 Å². The van der Waals surface area contributed by atoms with E-state index in [1.165, 1.54) is 12.1 Å². The van der Waals surface area contributed by atoms with Crippen molar-refractivity contribution in [1.29, 1.82) is 0 Å². The predicted molar refractivity (Wildman–Crippen MR) is 80.8 cm³/mol. The van der Waals surface area contributed by atoms with Crippen LogP contribution in [0.25, 0.3) is 0 Å². The van der Waals surface area contributed by atoms with Crippen LogP contribution in [0.5, 0.6) is 0 Å². The molecule has 2 N–H and O–H groups in total. The zero-order valence-corrected chi connectivity index (χ0v) is 12.4. The van der Waals surface area contributed by atoms with E-state index in [-0.39, 0.29) is 30.1 Å². The summed E-state index contributed by atoms with van der Waals surface area (Å²) in [5.74, 6) is -0.903. The van der Waals surface area contributed by atoms with E-state index >= 15 is 0 Å². The Labute approximate surface area is 128 Å². The van der Waals surface area contributed by atoms with E-state index in [4.69, 9.17) is 5.73 Å². The second-order valence-electron chi connectivity index (χ2n) is 6.03. The third-order valence-electron chi connectivity index (χ3n) is 4.54. The lowest BCUT2D eigenvalue weighted by Crippen LogP contribution is -2.47. The first-order chi connectivity index (χ1) is 10.5. The molecule has 0 radical (unpaired) electrons. The van der Waals surface area contributed by atoms with Crippen LogP contribution < -0.4 is 10.6 Å². The molecule has 5 nitrogen and oxygen atoms in total. The molecule has 3 rings (SSSR count). The number of fused-ring (bicyclic) bond motifs is 1. The lowest BCUT2D eigenvalue weighted by atomic mass is 9.97. The molecule has 22 heavy (non-hydrogen) atoms. The first-order valence-corrected chi connectivity index (χ1v) is 7.65. The molecule has 2 amide bonds. The monoisotopic (exact) mass is 305 g/mol. The van der Waals surface area contributed by atoms with Crippen LogP contribution in [0, 0.1) is 11.7 Å². The van der Waals surface area contributed by atoms with Crippen LogP contribution in [-0.2, 0) is 16.0 Å². The fourth-order valence-corrected chi connectivity index (χ4v) is 3.28. The maximum Gasteiger partial charge on any atom is 0.242 e. The number of primary amides is 1. The summed E-state index contributed by atoms with van der Waals surface area (Å²) in [4.78, 5) is 27.4. The van der Waals surface area contributed by atoms with Crippen molar-refractivity contribution in [3.8, 4) is 0 Å². The smallest absolute Gasteiger partial charge is 0.242 e. The van der Waals surface area contributed by atoms with E-state index in [2.05, 4.69) is 0 Å². The van der Waals surface area contributed by atoms with Gasteiger partial charge in [0.1, 0.15) is 5.82 Å². The molecular weight excluding hydrogens is 285 g/mol. The molecule has 1 aromatic rings. The van der Waals surface area contributed by atoms with Gasteiger partial charge < -0.3 is 15.5 Å². The second kappa shape index (κ2) is 5.94. The Kier molecular flexibility index (Phi) is 4.00. The highest BCUT2D eigenvalue weighted by molar-refractivity contribution is 5.84. The zero-order valence-electron chi connectivity index (χ0n) is 12.4. The summed E-state index contributed by atoms with van der Waals surface area (Å²) in [6.07, 6.45) is 2.37. The summed E-state index contributed by atoms with van der Waals surface area (Å²) in [5, 5.41) is 0. The van der Waals surface area contributed by atoms with Crippen molar-refractivity contribution in [2.24, 2.45) is 11.7 Å². The van der Waals surface area contributed by atoms with Crippen molar-refractivity contribution in [3.05, 3.63) is 29.6 Å². The Morgan fingerprint density at radius 1 is 1.32 bits per heavy atom. The van der Waals surface area contributed by atoms with E-state index in [1.54, 1.807) is 11.0 Å². The molecule has 1 aromatic carbocycles. The van der Waals surface area contributed by atoms with Crippen LogP contribution in [0.3, 0.4) is 0 Å². The third kappa shape index (κ3) is 2.91. The summed E-state index contributed by atoms with van der Waals surface area (Å²) in [7, 11) is 0. The number of hydrogen-bond acceptors (Lipinski definition) is 3.